The second-order valence-electron chi connectivity index (χ2n) is 4.25. The lowest BCUT2D eigenvalue weighted by molar-refractivity contribution is -0.185. The summed E-state index contributed by atoms with van der Waals surface area (Å²) in [5.74, 6) is -6.59. The van der Waals surface area contributed by atoms with Gasteiger partial charge in [-0.25, -0.2) is 8.78 Å². The number of halogens is 4. The molecule has 94 valence electrons. The fraction of sp³-hybridized carbons (Fsp3) is 0.889. The molecular weight excluding hydrogens is 230 g/mol. The van der Waals surface area contributed by atoms with E-state index in [-0.39, 0.29) is 13.1 Å². The second kappa shape index (κ2) is 4.20. The summed E-state index contributed by atoms with van der Waals surface area (Å²) in [5, 5.41) is 9.57. The minimum absolute atomic E-state index is 0.0305. The highest BCUT2D eigenvalue weighted by Crippen LogP contribution is 2.29. The van der Waals surface area contributed by atoms with Gasteiger partial charge >= 0.3 is 12.3 Å². The fourth-order valence-corrected chi connectivity index (χ4v) is 1.70. The Bertz CT molecular complexity index is 281. The van der Waals surface area contributed by atoms with Gasteiger partial charge in [0.15, 0.2) is 0 Å². The van der Waals surface area contributed by atoms with Crippen LogP contribution in [0.15, 0.2) is 0 Å². The van der Waals surface area contributed by atoms with Gasteiger partial charge in [0, 0.05) is 13.1 Å². The fourth-order valence-electron chi connectivity index (χ4n) is 1.70. The van der Waals surface area contributed by atoms with Crippen LogP contribution in [0.25, 0.3) is 0 Å². The summed E-state index contributed by atoms with van der Waals surface area (Å²) in [5.41, 5.74) is -1.29. The molecule has 0 spiro atoms. The van der Waals surface area contributed by atoms with Crippen molar-refractivity contribution in [2.45, 2.75) is 37.7 Å². The van der Waals surface area contributed by atoms with Crippen molar-refractivity contribution < 1.29 is 27.5 Å². The Morgan fingerprint density at radius 1 is 1.50 bits per heavy atom. The normalized spacial score (nSPS) is 27.3. The third-order valence-corrected chi connectivity index (χ3v) is 2.52. The van der Waals surface area contributed by atoms with Gasteiger partial charge in [-0.3, -0.25) is 4.79 Å². The van der Waals surface area contributed by atoms with Crippen LogP contribution in [-0.2, 0) is 4.79 Å². The quantitative estimate of drug-likeness (QED) is 0.742. The molecule has 0 aliphatic carbocycles. The highest BCUT2D eigenvalue weighted by molar-refractivity contribution is 5.84. The summed E-state index contributed by atoms with van der Waals surface area (Å²) in [6, 6.07) is 0. The molecule has 0 bridgehead atoms. The van der Waals surface area contributed by atoms with Gasteiger partial charge < -0.3 is 10.0 Å². The second-order valence-corrected chi connectivity index (χ2v) is 4.25. The highest BCUT2D eigenvalue weighted by atomic mass is 19.3. The smallest absolute Gasteiger partial charge is 0.383 e. The number of amides is 1. The Labute approximate surface area is 90.0 Å². The predicted octanol–water partition coefficient (Wildman–Crippen LogP) is 1.26. The largest absolute Gasteiger partial charge is 0.388 e. The molecule has 1 rings (SSSR count). The number of aliphatic hydroxyl groups is 1. The van der Waals surface area contributed by atoms with Crippen LogP contribution in [0, 0.1) is 0 Å². The maximum Gasteiger partial charge on any atom is 0.383 e. The van der Waals surface area contributed by atoms with Crippen LogP contribution in [0.2, 0.25) is 0 Å². The minimum Gasteiger partial charge on any atom is -0.388 e. The SMILES string of the molecule is CC1(O)CCCN(C(=O)C(F)(F)C(F)F)C1. The molecule has 1 saturated heterocycles. The Morgan fingerprint density at radius 3 is 2.50 bits per heavy atom. The molecule has 0 aromatic carbocycles. The van der Waals surface area contributed by atoms with E-state index >= 15 is 0 Å². The van der Waals surface area contributed by atoms with E-state index in [4.69, 9.17) is 0 Å². The maximum absolute atomic E-state index is 12.8. The van der Waals surface area contributed by atoms with Gasteiger partial charge in [-0.2, -0.15) is 8.78 Å². The molecule has 1 atom stereocenters. The van der Waals surface area contributed by atoms with E-state index in [0.29, 0.717) is 17.7 Å². The summed E-state index contributed by atoms with van der Waals surface area (Å²) < 4.78 is 49.4. The molecular formula is C9H13F4NO2. The van der Waals surface area contributed by atoms with E-state index in [9.17, 15) is 27.5 Å². The van der Waals surface area contributed by atoms with Crippen molar-refractivity contribution in [2.24, 2.45) is 0 Å². The summed E-state index contributed by atoms with van der Waals surface area (Å²) in [4.78, 5) is 11.7. The molecule has 1 fully saturated rings. The monoisotopic (exact) mass is 243 g/mol. The summed E-state index contributed by atoms with van der Waals surface area (Å²) >= 11 is 0. The standard InChI is InChI=1S/C9H13F4NO2/c1-8(16)3-2-4-14(5-8)7(15)9(12,13)6(10)11/h6,16H,2-5H2,1H3. The first-order valence-corrected chi connectivity index (χ1v) is 4.84. The van der Waals surface area contributed by atoms with Crippen LogP contribution in [0.5, 0.6) is 0 Å². The zero-order chi connectivity index (χ0) is 12.6. The maximum atomic E-state index is 12.8. The molecule has 1 amide bonds. The van der Waals surface area contributed by atoms with Crippen LogP contribution >= 0.6 is 0 Å². The first-order valence-electron chi connectivity index (χ1n) is 4.84. The molecule has 1 aliphatic heterocycles. The van der Waals surface area contributed by atoms with Gasteiger partial charge in [0.2, 0.25) is 0 Å². The molecule has 0 saturated carbocycles. The number of hydrogen-bond acceptors (Lipinski definition) is 2. The molecule has 1 aliphatic rings. The van der Waals surface area contributed by atoms with Crippen molar-refractivity contribution in [3.8, 4) is 0 Å². The van der Waals surface area contributed by atoms with Gasteiger partial charge in [-0.15, -0.1) is 0 Å². The minimum atomic E-state index is -4.67. The van der Waals surface area contributed by atoms with Crippen molar-refractivity contribution in [1.82, 2.24) is 4.90 Å². The average Bonchev–Trinajstić information content (AvgIpc) is 2.14. The van der Waals surface area contributed by atoms with Gasteiger partial charge in [-0.05, 0) is 19.8 Å². The van der Waals surface area contributed by atoms with Crippen molar-refractivity contribution in [3.05, 3.63) is 0 Å². The first-order chi connectivity index (χ1) is 7.17. The van der Waals surface area contributed by atoms with Crippen LogP contribution in [0.3, 0.4) is 0 Å². The van der Waals surface area contributed by atoms with Crippen LogP contribution in [-0.4, -0.2) is 47.0 Å². The molecule has 1 heterocycles. The third-order valence-electron chi connectivity index (χ3n) is 2.52. The summed E-state index contributed by atoms with van der Waals surface area (Å²) in [6.45, 7) is 1.01. The van der Waals surface area contributed by atoms with Crippen LogP contribution in [0.1, 0.15) is 19.8 Å². The molecule has 0 radical (unpaired) electrons. The van der Waals surface area contributed by atoms with E-state index in [2.05, 4.69) is 0 Å². The number of alkyl halides is 4. The number of likely N-dealkylation sites (tertiary alicyclic amines) is 1. The molecule has 1 unspecified atom stereocenters. The molecule has 3 nitrogen and oxygen atoms in total. The number of piperidine rings is 1. The van der Waals surface area contributed by atoms with Crippen LogP contribution < -0.4 is 0 Å². The van der Waals surface area contributed by atoms with Crippen molar-refractivity contribution in [3.63, 3.8) is 0 Å². The van der Waals surface area contributed by atoms with E-state index < -0.39 is 23.9 Å². The van der Waals surface area contributed by atoms with E-state index in [1.165, 1.54) is 6.92 Å². The lowest BCUT2D eigenvalue weighted by Crippen LogP contribution is -2.55. The Morgan fingerprint density at radius 2 is 2.06 bits per heavy atom. The van der Waals surface area contributed by atoms with Gasteiger partial charge in [0.25, 0.3) is 5.91 Å². The molecule has 7 heteroatoms. The molecule has 0 aromatic rings. The predicted molar refractivity (Wildman–Crippen MR) is 47.4 cm³/mol. The summed E-state index contributed by atoms with van der Waals surface area (Å²) in [7, 11) is 0. The Balaban J connectivity index is 2.75. The van der Waals surface area contributed by atoms with Crippen molar-refractivity contribution in [1.29, 1.82) is 0 Å². The van der Waals surface area contributed by atoms with Gasteiger partial charge in [-0.1, -0.05) is 0 Å². The molecule has 16 heavy (non-hydrogen) atoms. The lowest BCUT2D eigenvalue weighted by Gasteiger charge is -2.38. The van der Waals surface area contributed by atoms with E-state index in [1.807, 2.05) is 0 Å². The summed E-state index contributed by atoms with van der Waals surface area (Å²) in [6.07, 6.45) is -3.35. The number of carbonyl (C=O) groups excluding carboxylic acids is 1. The number of carbonyl (C=O) groups is 1. The van der Waals surface area contributed by atoms with E-state index in [1.54, 1.807) is 0 Å². The Hall–Kier alpha value is -0.850. The average molecular weight is 243 g/mol. The first kappa shape index (κ1) is 13.2. The van der Waals surface area contributed by atoms with E-state index in [0.717, 1.165) is 0 Å². The topological polar surface area (TPSA) is 40.5 Å². The number of rotatable bonds is 2. The van der Waals surface area contributed by atoms with Gasteiger partial charge in [0.1, 0.15) is 0 Å². The highest BCUT2D eigenvalue weighted by Gasteiger charge is 2.52. The zero-order valence-corrected chi connectivity index (χ0v) is 8.72. The molecule has 0 aromatic heterocycles. The lowest BCUT2D eigenvalue weighted by atomic mass is 9.95. The van der Waals surface area contributed by atoms with Crippen LogP contribution in [0.4, 0.5) is 17.6 Å². The third kappa shape index (κ3) is 2.63. The Kier molecular flexibility index (Phi) is 3.47. The number of β-amino-alcohol motifs (C(OH)–C–C–N with tert-alkyl or cyclic N) is 1. The number of nitrogens with zero attached hydrogens (tertiary/aromatic N) is 1. The zero-order valence-electron chi connectivity index (χ0n) is 8.72. The van der Waals surface area contributed by atoms with Crippen molar-refractivity contribution >= 4 is 5.91 Å². The molecule has 1 N–H and O–H groups in total. The van der Waals surface area contributed by atoms with Gasteiger partial charge in [0.05, 0.1) is 5.60 Å². The number of hydrogen-bond donors (Lipinski definition) is 1. The van der Waals surface area contributed by atoms with Crippen molar-refractivity contribution in [2.75, 3.05) is 13.1 Å².